The van der Waals surface area contributed by atoms with E-state index in [0.29, 0.717) is 38.1 Å². The highest BCUT2D eigenvalue weighted by Crippen LogP contribution is 2.38. The molecule has 5 nitrogen and oxygen atoms in total. The van der Waals surface area contributed by atoms with Crippen molar-refractivity contribution < 1.29 is 14.3 Å². The first kappa shape index (κ1) is 24.7. The normalized spacial score (nSPS) is 10.9. The molecule has 0 atom stereocenters. The molecule has 0 fully saturated rings. The van der Waals surface area contributed by atoms with Crippen LogP contribution in [0.15, 0.2) is 70.7 Å². The molecule has 0 aliphatic rings. The number of methoxy groups -OCH3 is 1. The molecule has 0 saturated carbocycles. The van der Waals surface area contributed by atoms with Crippen molar-refractivity contribution in [3.8, 4) is 17.6 Å². The maximum absolute atomic E-state index is 12.5. The molecule has 33 heavy (non-hydrogen) atoms. The van der Waals surface area contributed by atoms with Crippen LogP contribution in [0.1, 0.15) is 16.7 Å². The Morgan fingerprint density at radius 2 is 1.85 bits per heavy atom. The molecule has 3 rings (SSSR count). The van der Waals surface area contributed by atoms with Gasteiger partial charge >= 0.3 is 0 Å². The van der Waals surface area contributed by atoms with Crippen molar-refractivity contribution in [2.45, 2.75) is 13.2 Å². The van der Waals surface area contributed by atoms with Gasteiger partial charge in [0.25, 0.3) is 5.91 Å². The standard InChI is InChI=1S/C25H19BrCl2N2O3/c1-32-23-12-18(9-19(13-29)25(31)30-14-16-5-3-2-4-6-16)10-20(26)24(23)33-15-17-7-8-21(27)22(28)11-17/h2-12H,14-15H2,1H3,(H,30,31)/b19-9-. The minimum Gasteiger partial charge on any atom is -0.493 e. The molecule has 3 aromatic carbocycles. The molecule has 0 heterocycles. The number of hydrogen-bond acceptors (Lipinski definition) is 4. The summed E-state index contributed by atoms with van der Waals surface area (Å²) < 4.78 is 12.0. The third-order valence-corrected chi connectivity index (χ3v) is 5.92. The molecule has 8 heteroatoms. The largest absolute Gasteiger partial charge is 0.493 e. The first-order chi connectivity index (χ1) is 15.9. The number of carbonyl (C=O) groups is 1. The van der Waals surface area contributed by atoms with Gasteiger partial charge in [-0.2, -0.15) is 5.26 Å². The Kier molecular flexibility index (Phi) is 8.79. The lowest BCUT2D eigenvalue weighted by Crippen LogP contribution is -2.23. The lowest BCUT2D eigenvalue weighted by Gasteiger charge is -2.14. The van der Waals surface area contributed by atoms with Crippen LogP contribution in [0.2, 0.25) is 10.0 Å². The quantitative estimate of drug-likeness (QED) is 0.257. The first-order valence-corrected chi connectivity index (χ1v) is 11.3. The highest BCUT2D eigenvalue weighted by Gasteiger charge is 2.14. The van der Waals surface area contributed by atoms with Gasteiger partial charge in [0.1, 0.15) is 18.2 Å². The number of nitrogens with zero attached hydrogens (tertiary/aromatic N) is 1. The summed E-state index contributed by atoms with van der Waals surface area (Å²) in [6, 6.07) is 20.1. The molecular weight excluding hydrogens is 527 g/mol. The zero-order valence-corrected chi connectivity index (χ0v) is 20.7. The van der Waals surface area contributed by atoms with Crippen molar-refractivity contribution >= 4 is 51.1 Å². The van der Waals surface area contributed by atoms with E-state index in [0.717, 1.165) is 11.1 Å². The van der Waals surface area contributed by atoms with E-state index >= 15 is 0 Å². The van der Waals surface area contributed by atoms with E-state index in [1.165, 1.54) is 13.2 Å². The van der Waals surface area contributed by atoms with Gasteiger partial charge < -0.3 is 14.8 Å². The fourth-order valence-corrected chi connectivity index (χ4v) is 3.83. The number of benzene rings is 3. The summed E-state index contributed by atoms with van der Waals surface area (Å²) in [5.74, 6) is 0.460. The van der Waals surface area contributed by atoms with E-state index in [1.807, 2.05) is 42.5 Å². The summed E-state index contributed by atoms with van der Waals surface area (Å²) >= 11 is 15.5. The average Bonchev–Trinajstić information content (AvgIpc) is 2.82. The maximum Gasteiger partial charge on any atom is 0.262 e. The molecule has 0 unspecified atom stereocenters. The van der Waals surface area contributed by atoms with Crippen molar-refractivity contribution in [1.29, 1.82) is 5.26 Å². The lowest BCUT2D eigenvalue weighted by molar-refractivity contribution is -0.117. The molecule has 3 aromatic rings. The number of rotatable bonds is 8. The van der Waals surface area contributed by atoms with Gasteiger partial charge in [0.2, 0.25) is 0 Å². The van der Waals surface area contributed by atoms with E-state index in [2.05, 4.69) is 21.2 Å². The van der Waals surface area contributed by atoms with Crippen LogP contribution in [0.4, 0.5) is 0 Å². The molecule has 0 bridgehead atoms. The molecule has 1 amide bonds. The second-order valence-electron chi connectivity index (χ2n) is 6.91. The number of carbonyl (C=O) groups excluding carboxylic acids is 1. The molecule has 0 aliphatic carbocycles. The monoisotopic (exact) mass is 544 g/mol. The Bertz CT molecular complexity index is 1220. The van der Waals surface area contributed by atoms with E-state index in [4.69, 9.17) is 32.7 Å². The topological polar surface area (TPSA) is 71.3 Å². The fourth-order valence-electron chi connectivity index (χ4n) is 2.94. The zero-order valence-electron chi connectivity index (χ0n) is 17.6. The van der Waals surface area contributed by atoms with Crippen LogP contribution in [0.5, 0.6) is 11.5 Å². The third-order valence-electron chi connectivity index (χ3n) is 4.59. The summed E-state index contributed by atoms with van der Waals surface area (Å²) in [4.78, 5) is 12.5. The molecular formula is C25H19BrCl2N2O3. The van der Waals surface area contributed by atoms with Crippen molar-refractivity contribution in [2.24, 2.45) is 0 Å². The number of amides is 1. The van der Waals surface area contributed by atoms with Crippen molar-refractivity contribution in [1.82, 2.24) is 5.32 Å². The molecule has 1 N–H and O–H groups in total. The smallest absolute Gasteiger partial charge is 0.262 e. The summed E-state index contributed by atoms with van der Waals surface area (Å²) in [6.07, 6.45) is 1.50. The number of halogens is 3. The van der Waals surface area contributed by atoms with Crippen molar-refractivity contribution in [2.75, 3.05) is 7.11 Å². The Hall–Kier alpha value is -2.98. The molecule has 0 aliphatic heterocycles. The minimum absolute atomic E-state index is 0.0237. The second kappa shape index (κ2) is 11.8. The zero-order chi connectivity index (χ0) is 23.8. The Balaban J connectivity index is 1.76. The van der Waals surface area contributed by atoms with Gasteiger partial charge in [-0.25, -0.2) is 0 Å². The van der Waals surface area contributed by atoms with Gasteiger partial charge in [-0.3, -0.25) is 4.79 Å². The minimum atomic E-state index is -0.462. The lowest BCUT2D eigenvalue weighted by atomic mass is 10.1. The van der Waals surface area contributed by atoms with Gasteiger partial charge in [-0.1, -0.05) is 59.6 Å². The van der Waals surface area contributed by atoms with Gasteiger partial charge in [0, 0.05) is 6.54 Å². The van der Waals surface area contributed by atoms with Gasteiger partial charge in [0.15, 0.2) is 11.5 Å². The predicted molar refractivity (Wildman–Crippen MR) is 133 cm³/mol. The summed E-state index contributed by atoms with van der Waals surface area (Å²) in [5, 5.41) is 13.2. The highest BCUT2D eigenvalue weighted by molar-refractivity contribution is 9.10. The summed E-state index contributed by atoms with van der Waals surface area (Å²) in [5.41, 5.74) is 2.36. The van der Waals surface area contributed by atoms with E-state index in [1.54, 1.807) is 24.3 Å². The fraction of sp³-hybridized carbons (Fsp3) is 0.120. The van der Waals surface area contributed by atoms with Crippen LogP contribution in [0, 0.1) is 11.3 Å². The molecule has 0 saturated heterocycles. The van der Waals surface area contributed by atoms with Gasteiger partial charge in [-0.05, 0) is 63.0 Å². The van der Waals surface area contributed by atoms with Crippen molar-refractivity contribution in [3.05, 3.63) is 97.4 Å². The Morgan fingerprint density at radius 3 is 2.52 bits per heavy atom. The van der Waals surface area contributed by atoms with E-state index in [9.17, 15) is 10.1 Å². The van der Waals surface area contributed by atoms with Crippen LogP contribution in [-0.2, 0) is 17.9 Å². The molecule has 168 valence electrons. The van der Waals surface area contributed by atoms with Crippen LogP contribution in [0.25, 0.3) is 6.08 Å². The number of nitriles is 1. The van der Waals surface area contributed by atoms with E-state index in [-0.39, 0.29) is 12.2 Å². The summed E-state index contributed by atoms with van der Waals surface area (Å²) in [6.45, 7) is 0.569. The Morgan fingerprint density at radius 1 is 1.09 bits per heavy atom. The predicted octanol–water partition coefficient (Wildman–Crippen LogP) is 6.57. The number of hydrogen-bond donors (Lipinski definition) is 1. The molecule has 0 aromatic heterocycles. The van der Waals surface area contributed by atoms with Gasteiger partial charge in [-0.15, -0.1) is 0 Å². The van der Waals surface area contributed by atoms with Crippen molar-refractivity contribution in [3.63, 3.8) is 0 Å². The molecule has 0 radical (unpaired) electrons. The number of nitrogens with one attached hydrogen (secondary N) is 1. The van der Waals surface area contributed by atoms with Crippen LogP contribution < -0.4 is 14.8 Å². The average molecular weight is 546 g/mol. The number of ether oxygens (including phenoxy) is 2. The van der Waals surface area contributed by atoms with Crippen LogP contribution in [0.3, 0.4) is 0 Å². The molecule has 0 spiro atoms. The second-order valence-corrected chi connectivity index (χ2v) is 8.58. The van der Waals surface area contributed by atoms with Gasteiger partial charge in [0.05, 0.1) is 21.6 Å². The maximum atomic E-state index is 12.5. The third kappa shape index (κ3) is 6.75. The summed E-state index contributed by atoms with van der Waals surface area (Å²) in [7, 11) is 1.51. The van der Waals surface area contributed by atoms with Crippen LogP contribution >= 0.6 is 39.1 Å². The van der Waals surface area contributed by atoms with Crippen LogP contribution in [-0.4, -0.2) is 13.0 Å². The first-order valence-electron chi connectivity index (χ1n) is 9.79. The highest BCUT2D eigenvalue weighted by atomic mass is 79.9. The van der Waals surface area contributed by atoms with E-state index < -0.39 is 5.91 Å². The Labute approximate surface area is 210 Å². The SMILES string of the molecule is COc1cc(/C=C(/C#N)C(=O)NCc2ccccc2)cc(Br)c1OCc1ccc(Cl)c(Cl)c1.